The average molecular weight is 280 g/mol. The summed E-state index contributed by atoms with van der Waals surface area (Å²) in [5, 5.41) is 19.6. The van der Waals surface area contributed by atoms with E-state index in [9.17, 15) is 10.2 Å². The number of hydrogen-bond acceptors (Lipinski definition) is 5. The normalized spacial score (nSPS) is 24.5. The van der Waals surface area contributed by atoms with Crippen LogP contribution in [0.4, 0.5) is 5.69 Å². The molecule has 1 saturated heterocycles. The van der Waals surface area contributed by atoms with E-state index < -0.39 is 6.10 Å². The molecule has 0 radical (unpaired) electrons. The molecular weight excluding hydrogens is 256 g/mol. The molecule has 20 heavy (non-hydrogen) atoms. The number of aliphatic hydroxyl groups is 2. The van der Waals surface area contributed by atoms with E-state index in [1.807, 2.05) is 26.0 Å². The topological polar surface area (TPSA) is 79.0 Å². The van der Waals surface area contributed by atoms with E-state index in [0.29, 0.717) is 18.8 Å². The summed E-state index contributed by atoms with van der Waals surface area (Å²) in [6.07, 6.45) is -0.763. The van der Waals surface area contributed by atoms with E-state index in [4.69, 9.17) is 10.5 Å². The predicted octanol–water partition coefficient (Wildman–Crippen LogP) is 0.774. The number of morpholine rings is 1. The van der Waals surface area contributed by atoms with Gasteiger partial charge >= 0.3 is 0 Å². The lowest BCUT2D eigenvalue weighted by Crippen LogP contribution is -2.54. The maximum Gasteiger partial charge on any atom is 0.0940 e. The summed E-state index contributed by atoms with van der Waals surface area (Å²) < 4.78 is 5.77. The van der Waals surface area contributed by atoms with Crippen molar-refractivity contribution < 1.29 is 14.9 Å². The van der Waals surface area contributed by atoms with Gasteiger partial charge in [-0.3, -0.25) is 4.90 Å². The third kappa shape index (κ3) is 3.93. The standard InChI is InChI=1S/C15H24N2O3/c1-15(2)10-17(7-13(9-18)20-15)8-14(19)11-3-5-12(16)6-4-11/h3-6,13-14,18-19H,7-10,16H2,1-2H3. The van der Waals surface area contributed by atoms with Crippen molar-refractivity contribution in [3.05, 3.63) is 29.8 Å². The van der Waals surface area contributed by atoms with Gasteiger partial charge in [-0.25, -0.2) is 0 Å². The first-order valence-electron chi connectivity index (χ1n) is 6.94. The van der Waals surface area contributed by atoms with Crippen LogP contribution >= 0.6 is 0 Å². The minimum absolute atomic E-state index is 0.00209. The minimum Gasteiger partial charge on any atom is -0.399 e. The van der Waals surface area contributed by atoms with Crippen molar-refractivity contribution in [1.82, 2.24) is 4.90 Å². The number of ether oxygens (including phenoxy) is 1. The average Bonchev–Trinajstić information content (AvgIpc) is 2.37. The fraction of sp³-hybridized carbons (Fsp3) is 0.600. The van der Waals surface area contributed by atoms with Gasteiger partial charge in [0.2, 0.25) is 0 Å². The van der Waals surface area contributed by atoms with Gasteiger partial charge in [0.1, 0.15) is 0 Å². The van der Waals surface area contributed by atoms with Gasteiger partial charge in [-0.2, -0.15) is 0 Å². The summed E-state index contributed by atoms with van der Waals surface area (Å²) in [5.41, 5.74) is 6.87. The molecule has 0 bridgehead atoms. The van der Waals surface area contributed by atoms with Crippen LogP contribution in [0, 0.1) is 0 Å². The molecule has 1 aliphatic rings. The summed E-state index contributed by atoms with van der Waals surface area (Å²) in [6.45, 7) is 5.88. The molecule has 1 fully saturated rings. The number of rotatable bonds is 4. The van der Waals surface area contributed by atoms with Crippen molar-refractivity contribution in [2.75, 3.05) is 32.0 Å². The minimum atomic E-state index is -0.566. The Hall–Kier alpha value is -1.14. The third-order valence-electron chi connectivity index (χ3n) is 3.51. The highest BCUT2D eigenvalue weighted by atomic mass is 16.5. The Morgan fingerprint density at radius 3 is 2.65 bits per heavy atom. The van der Waals surface area contributed by atoms with Gasteiger partial charge in [0.05, 0.1) is 24.4 Å². The Labute approximate surface area is 120 Å². The van der Waals surface area contributed by atoms with Crippen LogP contribution in [0.1, 0.15) is 25.5 Å². The van der Waals surface area contributed by atoms with Crippen LogP contribution in [0.15, 0.2) is 24.3 Å². The summed E-state index contributed by atoms with van der Waals surface area (Å²) in [4.78, 5) is 2.13. The van der Waals surface area contributed by atoms with Crippen molar-refractivity contribution in [3.63, 3.8) is 0 Å². The second kappa shape index (κ2) is 6.10. The first-order chi connectivity index (χ1) is 9.39. The first kappa shape index (κ1) is 15.3. The van der Waals surface area contributed by atoms with Crippen LogP contribution in [-0.2, 0) is 4.74 Å². The molecule has 1 aromatic carbocycles. The molecule has 0 aliphatic carbocycles. The molecular formula is C15H24N2O3. The van der Waals surface area contributed by atoms with Crippen molar-refractivity contribution in [2.24, 2.45) is 0 Å². The van der Waals surface area contributed by atoms with Crippen molar-refractivity contribution in [2.45, 2.75) is 31.7 Å². The van der Waals surface area contributed by atoms with E-state index >= 15 is 0 Å². The molecule has 2 rings (SSSR count). The summed E-state index contributed by atoms with van der Waals surface area (Å²) >= 11 is 0. The largest absolute Gasteiger partial charge is 0.399 e. The Morgan fingerprint density at radius 1 is 1.40 bits per heavy atom. The lowest BCUT2D eigenvalue weighted by Gasteiger charge is -2.42. The quantitative estimate of drug-likeness (QED) is 0.710. The molecule has 2 unspecified atom stereocenters. The molecule has 2 atom stereocenters. The number of nitrogens with zero attached hydrogens (tertiary/aromatic N) is 1. The zero-order valence-corrected chi connectivity index (χ0v) is 12.1. The Balaban J connectivity index is 1.99. The molecule has 5 nitrogen and oxygen atoms in total. The highest BCUT2D eigenvalue weighted by Crippen LogP contribution is 2.23. The molecule has 0 spiro atoms. The zero-order chi connectivity index (χ0) is 14.8. The second-order valence-electron chi connectivity index (χ2n) is 6.06. The van der Waals surface area contributed by atoms with Crippen LogP contribution in [0.2, 0.25) is 0 Å². The number of nitrogen functional groups attached to an aromatic ring is 1. The van der Waals surface area contributed by atoms with Gasteiger partial charge in [0, 0.05) is 25.3 Å². The van der Waals surface area contributed by atoms with Gasteiger partial charge in [-0.1, -0.05) is 12.1 Å². The molecule has 5 heteroatoms. The Morgan fingerprint density at radius 2 is 2.05 bits per heavy atom. The molecule has 1 heterocycles. The van der Waals surface area contributed by atoms with E-state index in [0.717, 1.165) is 12.1 Å². The number of benzene rings is 1. The van der Waals surface area contributed by atoms with Crippen LogP contribution in [0.5, 0.6) is 0 Å². The van der Waals surface area contributed by atoms with E-state index in [1.165, 1.54) is 0 Å². The number of aliphatic hydroxyl groups excluding tert-OH is 2. The van der Waals surface area contributed by atoms with Crippen molar-refractivity contribution >= 4 is 5.69 Å². The number of hydrogen-bond donors (Lipinski definition) is 3. The van der Waals surface area contributed by atoms with E-state index in [2.05, 4.69) is 4.90 Å². The lowest BCUT2D eigenvalue weighted by molar-refractivity contribution is -0.153. The SMILES string of the molecule is CC1(C)CN(CC(O)c2ccc(N)cc2)CC(CO)O1. The molecule has 1 aromatic rings. The monoisotopic (exact) mass is 280 g/mol. The van der Waals surface area contributed by atoms with E-state index in [-0.39, 0.29) is 18.3 Å². The summed E-state index contributed by atoms with van der Waals surface area (Å²) in [7, 11) is 0. The third-order valence-corrected chi connectivity index (χ3v) is 3.51. The maximum absolute atomic E-state index is 10.3. The molecule has 4 N–H and O–H groups in total. The van der Waals surface area contributed by atoms with Crippen molar-refractivity contribution in [1.29, 1.82) is 0 Å². The summed E-state index contributed by atoms with van der Waals surface area (Å²) in [5.74, 6) is 0. The lowest BCUT2D eigenvalue weighted by atomic mass is 10.0. The fourth-order valence-electron chi connectivity index (χ4n) is 2.72. The van der Waals surface area contributed by atoms with Crippen LogP contribution in [0.3, 0.4) is 0 Å². The Bertz CT molecular complexity index is 433. The molecule has 1 aliphatic heterocycles. The number of β-amino-alcohol motifs (C(OH)–C–C–N with tert-alkyl or cyclic N) is 1. The van der Waals surface area contributed by atoms with Crippen molar-refractivity contribution in [3.8, 4) is 0 Å². The van der Waals surface area contributed by atoms with Gasteiger partial charge in [0.15, 0.2) is 0 Å². The maximum atomic E-state index is 10.3. The molecule has 0 saturated carbocycles. The molecule has 0 amide bonds. The van der Waals surface area contributed by atoms with Crippen LogP contribution in [0.25, 0.3) is 0 Å². The smallest absolute Gasteiger partial charge is 0.0940 e. The fourth-order valence-corrected chi connectivity index (χ4v) is 2.72. The van der Waals surface area contributed by atoms with Gasteiger partial charge in [0.25, 0.3) is 0 Å². The Kier molecular flexibility index (Phi) is 4.65. The van der Waals surface area contributed by atoms with E-state index in [1.54, 1.807) is 12.1 Å². The van der Waals surface area contributed by atoms with Gasteiger partial charge in [-0.05, 0) is 31.5 Å². The summed E-state index contributed by atoms with van der Waals surface area (Å²) in [6, 6.07) is 7.26. The highest BCUT2D eigenvalue weighted by Gasteiger charge is 2.33. The number of nitrogens with two attached hydrogens (primary N) is 1. The van der Waals surface area contributed by atoms with Gasteiger partial charge < -0.3 is 20.7 Å². The zero-order valence-electron chi connectivity index (χ0n) is 12.1. The molecule has 0 aromatic heterocycles. The van der Waals surface area contributed by atoms with Crippen LogP contribution in [-0.4, -0.2) is 53.1 Å². The first-order valence-corrected chi connectivity index (χ1v) is 6.94. The van der Waals surface area contributed by atoms with Crippen LogP contribution < -0.4 is 5.73 Å². The predicted molar refractivity (Wildman–Crippen MR) is 78.3 cm³/mol. The molecule has 112 valence electrons. The highest BCUT2D eigenvalue weighted by molar-refractivity contribution is 5.39. The van der Waals surface area contributed by atoms with Gasteiger partial charge in [-0.15, -0.1) is 0 Å². The second-order valence-corrected chi connectivity index (χ2v) is 6.06. The number of anilines is 1.